The Balaban J connectivity index is 1.33. The van der Waals surface area contributed by atoms with Crippen molar-refractivity contribution in [1.82, 2.24) is 29.9 Å². The van der Waals surface area contributed by atoms with E-state index in [1.165, 1.54) is 0 Å². The number of hydrogen-bond donors (Lipinski definition) is 2. The standard InChI is InChI=1S/C35H38ClN9/c1-23(24-9-6-5-7-10-24)40-32-26(19-37)21-39-34-29(32)17-27(18-30(34)36)41-33(25-11-8-14-38-20-25)31-22-45(43-42-31)28-12-15-44(16-13-28)35(2,3)4/h5-11,14,17-18,20-23,28,33,41H,12-13,15-16H2,1-4H3,(H,39,40)/t23-,33+/m1/s1. The zero-order valence-corrected chi connectivity index (χ0v) is 26.8. The molecular formula is C35H38ClN9. The van der Waals surface area contributed by atoms with Gasteiger partial charge in [-0.1, -0.05) is 53.2 Å². The molecule has 0 amide bonds. The third-order valence-electron chi connectivity index (χ3n) is 8.65. The zero-order chi connectivity index (χ0) is 31.6. The maximum Gasteiger partial charge on any atom is 0.110 e. The lowest BCUT2D eigenvalue weighted by Crippen LogP contribution is -2.46. The second-order valence-corrected chi connectivity index (χ2v) is 13.1. The summed E-state index contributed by atoms with van der Waals surface area (Å²) in [4.78, 5) is 11.5. The fourth-order valence-electron chi connectivity index (χ4n) is 6.07. The molecule has 0 spiro atoms. The zero-order valence-electron chi connectivity index (χ0n) is 26.1. The quantitative estimate of drug-likeness (QED) is 0.183. The molecule has 230 valence electrons. The first-order chi connectivity index (χ1) is 21.7. The van der Waals surface area contributed by atoms with Crippen molar-refractivity contribution >= 4 is 33.9 Å². The molecule has 0 saturated carbocycles. The van der Waals surface area contributed by atoms with E-state index >= 15 is 0 Å². The van der Waals surface area contributed by atoms with Gasteiger partial charge in [0.05, 0.1) is 40.1 Å². The molecule has 1 aliphatic heterocycles. The number of likely N-dealkylation sites (tertiary alicyclic amines) is 1. The lowest BCUT2D eigenvalue weighted by atomic mass is 9.98. The monoisotopic (exact) mass is 619 g/mol. The van der Waals surface area contributed by atoms with E-state index in [0.717, 1.165) is 53.8 Å². The summed E-state index contributed by atoms with van der Waals surface area (Å²) >= 11 is 6.85. The van der Waals surface area contributed by atoms with E-state index in [2.05, 4.69) is 87.9 Å². The van der Waals surface area contributed by atoms with Gasteiger partial charge in [-0.05, 0) is 69.9 Å². The number of nitrogens with zero attached hydrogens (tertiary/aromatic N) is 7. The minimum absolute atomic E-state index is 0.0484. The van der Waals surface area contributed by atoms with Crippen LogP contribution in [0.25, 0.3) is 10.9 Å². The van der Waals surface area contributed by atoms with Crippen molar-refractivity contribution in [3.05, 3.63) is 107 Å². The van der Waals surface area contributed by atoms with Crippen LogP contribution < -0.4 is 10.6 Å². The summed E-state index contributed by atoms with van der Waals surface area (Å²) in [6, 6.07) is 20.1. The van der Waals surface area contributed by atoms with E-state index in [-0.39, 0.29) is 17.6 Å². The highest BCUT2D eigenvalue weighted by Crippen LogP contribution is 2.37. The van der Waals surface area contributed by atoms with Gasteiger partial charge in [0, 0.05) is 54.3 Å². The number of hydrogen-bond acceptors (Lipinski definition) is 8. The van der Waals surface area contributed by atoms with E-state index in [1.54, 1.807) is 12.4 Å². The number of benzene rings is 2. The van der Waals surface area contributed by atoms with Crippen LogP contribution in [-0.4, -0.2) is 48.5 Å². The Morgan fingerprint density at radius 3 is 2.44 bits per heavy atom. The van der Waals surface area contributed by atoms with Crippen molar-refractivity contribution in [2.24, 2.45) is 0 Å². The predicted molar refractivity (Wildman–Crippen MR) is 179 cm³/mol. The molecule has 1 fully saturated rings. The van der Waals surface area contributed by atoms with Gasteiger partial charge in [0.1, 0.15) is 11.8 Å². The number of nitrogens with one attached hydrogen (secondary N) is 2. The highest BCUT2D eigenvalue weighted by Gasteiger charge is 2.29. The number of anilines is 2. The van der Waals surface area contributed by atoms with Crippen LogP contribution in [0.1, 0.15) is 81.0 Å². The van der Waals surface area contributed by atoms with E-state index in [9.17, 15) is 5.26 Å². The van der Waals surface area contributed by atoms with Crippen LogP contribution >= 0.6 is 11.6 Å². The topological polar surface area (TPSA) is 108 Å². The number of nitriles is 1. The van der Waals surface area contributed by atoms with Crippen LogP contribution in [0.15, 0.2) is 79.4 Å². The first-order valence-corrected chi connectivity index (χ1v) is 15.8. The molecule has 45 heavy (non-hydrogen) atoms. The second kappa shape index (κ2) is 12.8. The predicted octanol–water partition coefficient (Wildman–Crippen LogP) is 7.56. The summed E-state index contributed by atoms with van der Waals surface area (Å²) in [7, 11) is 0. The molecule has 2 atom stereocenters. The normalized spacial score (nSPS) is 15.8. The molecule has 2 N–H and O–H groups in total. The number of piperidine rings is 1. The molecular weight excluding hydrogens is 582 g/mol. The van der Waals surface area contributed by atoms with Gasteiger partial charge in [-0.15, -0.1) is 5.10 Å². The average molecular weight is 620 g/mol. The van der Waals surface area contributed by atoms with E-state index in [0.29, 0.717) is 27.8 Å². The minimum atomic E-state index is -0.331. The van der Waals surface area contributed by atoms with Gasteiger partial charge in [-0.3, -0.25) is 14.9 Å². The van der Waals surface area contributed by atoms with Gasteiger partial charge in [-0.2, -0.15) is 5.26 Å². The van der Waals surface area contributed by atoms with Crippen molar-refractivity contribution in [2.45, 2.75) is 64.2 Å². The number of fused-ring (bicyclic) bond motifs is 1. The molecule has 3 aromatic heterocycles. The molecule has 0 aliphatic carbocycles. The van der Waals surface area contributed by atoms with Crippen molar-refractivity contribution in [3.8, 4) is 6.07 Å². The third-order valence-corrected chi connectivity index (χ3v) is 8.93. The van der Waals surface area contributed by atoms with Crippen molar-refractivity contribution in [2.75, 3.05) is 23.7 Å². The molecule has 9 nitrogen and oxygen atoms in total. The largest absolute Gasteiger partial charge is 0.377 e. The van der Waals surface area contributed by atoms with E-state index in [1.807, 2.05) is 53.3 Å². The molecule has 2 aromatic carbocycles. The van der Waals surface area contributed by atoms with Gasteiger partial charge < -0.3 is 10.6 Å². The van der Waals surface area contributed by atoms with Crippen LogP contribution in [0.3, 0.4) is 0 Å². The SMILES string of the molecule is C[C@@H](Nc1c(C#N)cnc2c(Cl)cc(N[C@@H](c3cccnc3)c3cn(C4CCN(C(C)(C)C)CC4)nn3)cc12)c1ccccc1. The van der Waals surface area contributed by atoms with Crippen LogP contribution in [0, 0.1) is 11.3 Å². The summed E-state index contributed by atoms with van der Waals surface area (Å²) in [6.07, 6.45) is 9.27. The number of pyridine rings is 2. The molecule has 10 heteroatoms. The molecule has 1 saturated heterocycles. The molecule has 4 heterocycles. The third kappa shape index (κ3) is 6.63. The van der Waals surface area contributed by atoms with Crippen LogP contribution in [0.4, 0.5) is 11.4 Å². The van der Waals surface area contributed by atoms with Gasteiger partial charge in [0.25, 0.3) is 0 Å². The maximum atomic E-state index is 10.0. The van der Waals surface area contributed by atoms with Gasteiger partial charge in [0.2, 0.25) is 0 Å². The molecule has 0 unspecified atom stereocenters. The Bertz CT molecular complexity index is 1800. The first-order valence-electron chi connectivity index (χ1n) is 15.4. The summed E-state index contributed by atoms with van der Waals surface area (Å²) in [5.74, 6) is 0. The Morgan fingerprint density at radius 2 is 1.76 bits per heavy atom. The highest BCUT2D eigenvalue weighted by atomic mass is 35.5. The average Bonchev–Trinajstić information content (AvgIpc) is 3.54. The van der Waals surface area contributed by atoms with Crippen molar-refractivity contribution < 1.29 is 0 Å². The Hall–Kier alpha value is -4.52. The lowest BCUT2D eigenvalue weighted by molar-refractivity contribution is 0.0866. The maximum absolute atomic E-state index is 10.0. The number of rotatable bonds is 8. The Labute approximate surface area is 269 Å². The molecule has 6 rings (SSSR count). The first kappa shape index (κ1) is 30.5. The highest BCUT2D eigenvalue weighted by molar-refractivity contribution is 6.35. The fourth-order valence-corrected chi connectivity index (χ4v) is 6.34. The summed E-state index contributed by atoms with van der Waals surface area (Å²) < 4.78 is 2.02. The van der Waals surface area contributed by atoms with E-state index < -0.39 is 0 Å². The lowest BCUT2D eigenvalue weighted by Gasteiger charge is -2.40. The summed E-state index contributed by atoms with van der Waals surface area (Å²) in [6.45, 7) is 10.9. The molecule has 0 radical (unpaired) electrons. The van der Waals surface area contributed by atoms with Crippen LogP contribution in [0.5, 0.6) is 0 Å². The number of aromatic nitrogens is 5. The Morgan fingerprint density at radius 1 is 1.00 bits per heavy atom. The minimum Gasteiger partial charge on any atom is -0.377 e. The summed E-state index contributed by atoms with van der Waals surface area (Å²) in [5.41, 5.74) is 5.53. The Kier molecular flexibility index (Phi) is 8.70. The number of halogens is 1. The van der Waals surface area contributed by atoms with Crippen LogP contribution in [-0.2, 0) is 0 Å². The molecule has 5 aromatic rings. The second-order valence-electron chi connectivity index (χ2n) is 12.7. The fraction of sp³-hybridized carbons (Fsp3) is 0.343. The van der Waals surface area contributed by atoms with Crippen molar-refractivity contribution in [1.29, 1.82) is 5.26 Å². The van der Waals surface area contributed by atoms with Gasteiger partial charge in [-0.25, -0.2) is 4.68 Å². The van der Waals surface area contributed by atoms with E-state index in [4.69, 9.17) is 11.6 Å². The van der Waals surface area contributed by atoms with Gasteiger partial charge in [0.15, 0.2) is 0 Å². The van der Waals surface area contributed by atoms with Crippen molar-refractivity contribution in [3.63, 3.8) is 0 Å². The van der Waals surface area contributed by atoms with Gasteiger partial charge >= 0.3 is 0 Å². The summed E-state index contributed by atoms with van der Waals surface area (Å²) in [5, 5.41) is 27.7. The van der Waals surface area contributed by atoms with Crippen LogP contribution in [0.2, 0.25) is 5.02 Å². The smallest absolute Gasteiger partial charge is 0.110 e. The molecule has 1 aliphatic rings. The molecule has 0 bridgehead atoms.